The topological polar surface area (TPSA) is 63.4 Å². The van der Waals surface area contributed by atoms with Gasteiger partial charge in [-0.25, -0.2) is 0 Å². The standard InChI is InChI=1S/C12H22N4O2/c1-4-13-9(2)11-14-15-12(18-11)16-7-5-10(17-3)6-8-16/h9-10,13H,4-8H2,1-3H3. The maximum atomic E-state index is 5.71. The van der Waals surface area contributed by atoms with Gasteiger partial charge in [0.15, 0.2) is 0 Å². The molecule has 0 spiro atoms. The molecule has 1 saturated heterocycles. The number of piperidine rings is 1. The SMILES string of the molecule is CCNC(C)c1nnc(N2CCC(OC)CC2)o1. The van der Waals surface area contributed by atoms with Crippen LogP contribution >= 0.6 is 0 Å². The molecule has 0 radical (unpaired) electrons. The molecule has 1 aliphatic heterocycles. The van der Waals surface area contributed by atoms with Crippen molar-refractivity contribution in [3.05, 3.63) is 5.89 Å². The lowest BCUT2D eigenvalue weighted by molar-refractivity contribution is 0.0810. The van der Waals surface area contributed by atoms with Crippen LogP contribution in [-0.4, -0.2) is 43.0 Å². The molecule has 0 aromatic carbocycles. The van der Waals surface area contributed by atoms with Crippen molar-refractivity contribution in [2.24, 2.45) is 0 Å². The maximum Gasteiger partial charge on any atom is 0.318 e. The molecule has 18 heavy (non-hydrogen) atoms. The number of hydrogen-bond acceptors (Lipinski definition) is 6. The lowest BCUT2D eigenvalue weighted by atomic mass is 10.1. The molecule has 0 amide bonds. The first-order valence-corrected chi connectivity index (χ1v) is 6.59. The number of nitrogens with one attached hydrogen (secondary N) is 1. The van der Waals surface area contributed by atoms with Crippen LogP contribution in [-0.2, 0) is 4.74 Å². The van der Waals surface area contributed by atoms with E-state index in [1.54, 1.807) is 7.11 Å². The predicted molar refractivity (Wildman–Crippen MR) is 68.6 cm³/mol. The van der Waals surface area contributed by atoms with Crippen molar-refractivity contribution in [2.75, 3.05) is 31.6 Å². The van der Waals surface area contributed by atoms with E-state index >= 15 is 0 Å². The fourth-order valence-electron chi connectivity index (χ4n) is 2.21. The van der Waals surface area contributed by atoms with Crippen molar-refractivity contribution in [2.45, 2.75) is 38.8 Å². The second-order valence-corrected chi connectivity index (χ2v) is 4.62. The van der Waals surface area contributed by atoms with E-state index in [2.05, 4.69) is 27.3 Å². The molecule has 0 aliphatic carbocycles. The molecule has 0 bridgehead atoms. The van der Waals surface area contributed by atoms with Crippen molar-refractivity contribution in [3.63, 3.8) is 0 Å². The van der Waals surface area contributed by atoms with Crippen LogP contribution in [0.25, 0.3) is 0 Å². The molecule has 6 nitrogen and oxygen atoms in total. The zero-order valence-corrected chi connectivity index (χ0v) is 11.3. The Morgan fingerprint density at radius 3 is 2.78 bits per heavy atom. The summed E-state index contributed by atoms with van der Waals surface area (Å²) in [4.78, 5) is 2.13. The van der Waals surface area contributed by atoms with Crippen molar-refractivity contribution in [3.8, 4) is 0 Å². The maximum absolute atomic E-state index is 5.71. The summed E-state index contributed by atoms with van der Waals surface area (Å²) in [6, 6.07) is 0.733. The predicted octanol–water partition coefficient (Wildman–Crippen LogP) is 1.36. The number of ether oxygens (including phenoxy) is 1. The van der Waals surface area contributed by atoms with E-state index in [-0.39, 0.29) is 6.04 Å². The molecule has 102 valence electrons. The Bertz CT molecular complexity index is 361. The number of anilines is 1. The normalized spacial score (nSPS) is 19.2. The van der Waals surface area contributed by atoms with Gasteiger partial charge in [0, 0.05) is 20.2 Å². The van der Waals surface area contributed by atoms with Gasteiger partial charge in [-0.1, -0.05) is 12.0 Å². The van der Waals surface area contributed by atoms with Gasteiger partial charge >= 0.3 is 6.01 Å². The molecule has 1 unspecified atom stereocenters. The fraction of sp³-hybridized carbons (Fsp3) is 0.833. The minimum atomic E-state index is 0.104. The molecule has 0 saturated carbocycles. The van der Waals surface area contributed by atoms with E-state index in [1.807, 2.05) is 6.92 Å². The molecular weight excluding hydrogens is 232 g/mol. The Morgan fingerprint density at radius 2 is 2.17 bits per heavy atom. The van der Waals surface area contributed by atoms with Gasteiger partial charge in [-0.05, 0) is 26.3 Å². The summed E-state index contributed by atoms with van der Waals surface area (Å²) >= 11 is 0. The first-order chi connectivity index (χ1) is 8.74. The fourth-order valence-corrected chi connectivity index (χ4v) is 2.21. The minimum Gasteiger partial charge on any atom is -0.406 e. The first-order valence-electron chi connectivity index (χ1n) is 6.59. The van der Waals surface area contributed by atoms with Gasteiger partial charge in [-0.3, -0.25) is 0 Å². The summed E-state index contributed by atoms with van der Waals surface area (Å²) in [6.07, 6.45) is 2.39. The molecule has 2 heterocycles. The third-order valence-electron chi connectivity index (χ3n) is 3.36. The van der Waals surface area contributed by atoms with Gasteiger partial charge in [0.1, 0.15) is 0 Å². The molecule has 1 aromatic rings. The highest BCUT2D eigenvalue weighted by atomic mass is 16.5. The van der Waals surface area contributed by atoms with Crippen LogP contribution in [0.15, 0.2) is 4.42 Å². The quantitative estimate of drug-likeness (QED) is 0.856. The van der Waals surface area contributed by atoms with Crippen molar-refractivity contribution < 1.29 is 9.15 Å². The molecular formula is C12H22N4O2. The number of methoxy groups -OCH3 is 1. The van der Waals surface area contributed by atoms with Crippen LogP contribution in [0.4, 0.5) is 6.01 Å². The van der Waals surface area contributed by atoms with Gasteiger partial charge < -0.3 is 19.4 Å². The zero-order chi connectivity index (χ0) is 13.0. The van der Waals surface area contributed by atoms with Crippen LogP contribution in [0.5, 0.6) is 0 Å². The number of rotatable bonds is 5. The largest absolute Gasteiger partial charge is 0.406 e. The van der Waals surface area contributed by atoms with Crippen LogP contribution in [0.1, 0.15) is 38.6 Å². The highest BCUT2D eigenvalue weighted by molar-refractivity contribution is 5.25. The van der Waals surface area contributed by atoms with Crippen LogP contribution in [0, 0.1) is 0 Å². The molecule has 1 N–H and O–H groups in total. The van der Waals surface area contributed by atoms with E-state index in [4.69, 9.17) is 9.15 Å². The highest BCUT2D eigenvalue weighted by Gasteiger charge is 2.23. The van der Waals surface area contributed by atoms with Gasteiger partial charge in [0.25, 0.3) is 0 Å². The van der Waals surface area contributed by atoms with E-state index < -0.39 is 0 Å². The van der Waals surface area contributed by atoms with Gasteiger partial charge in [0.2, 0.25) is 5.89 Å². The summed E-state index contributed by atoms with van der Waals surface area (Å²) in [7, 11) is 1.77. The lowest BCUT2D eigenvalue weighted by Gasteiger charge is -2.29. The summed E-state index contributed by atoms with van der Waals surface area (Å²) in [5, 5.41) is 11.5. The monoisotopic (exact) mass is 254 g/mol. The highest BCUT2D eigenvalue weighted by Crippen LogP contribution is 2.21. The average Bonchev–Trinajstić information content (AvgIpc) is 2.89. The molecule has 6 heteroatoms. The molecule has 1 fully saturated rings. The molecule has 1 aliphatic rings. The number of hydrogen-bond donors (Lipinski definition) is 1. The minimum absolute atomic E-state index is 0.104. The second-order valence-electron chi connectivity index (χ2n) is 4.62. The van der Waals surface area contributed by atoms with Crippen LogP contribution in [0.3, 0.4) is 0 Å². The van der Waals surface area contributed by atoms with E-state index in [1.165, 1.54) is 0 Å². The second kappa shape index (κ2) is 6.15. The number of aromatic nitrogens is 2. The third kappa shape index (κ3) is 3.00. The smallest absolute Gasteiger partial charge is 0.318 e. The Kier molecular flexibility index (Phi) is 4.54. The van der Waals surface area contributed by atoms with Gasteiger partial charge in [-0.2, -0.15) is 0 Å². The van der Waals surface area contributed by atoms with E-state index in [0.29, 0.717) is 18.0 Å². The Balaban J connectivity index is 1.94. The van der Waals surface area contributed by atoms with Crippen LogP contribution < -0.4 is 10.2 Å². The number of nitrogens with zero attached hydrogens (tertiary/aromatic N) is 3. The van der Waals surface area contributed by atoms with E-state index in [0.717, 1.165) is 32.5 Å². The van der Waals surface area contributed by atoms with Crippen molar-refractivity contribution >= 4 is 6.01 Å². The molecule has 1 aromatic heterocycles. The van der Waals surface area contributed by atoms with Crippen molar-refractivity contribution in [1.29, 1.82) is 0 Å². The zero-order valence-electron chi connectivity index (χ0n) is 11.3. The van der Waals surface area contributed by atoms with Gasteiger partial charge in [0.05, 0.1) is 12.1 Å². The first kappa shape index (κ1) is 13.3. The lowest BCUT2D eigenvalue weighted by Crippen LogP contribution is -2.36. The Labute approximate surface area is 108 Å². The summed E-state index contributed by atoms with van der Waals surface area (Å²) in [5.41, 5.74) is 0. The summed E-state index contributed by atoms with van der Waals surface area (Å²) < 4.78 is 11.1. The van der Waals surface area contributed by atoms with E-state index in [9.17, 15) is 0 Å². The van der Waals surface area contributed by atoms with Crippen LogP contribution in [0.2, 0.25) is 0 Å². The Morgan fingerprint density at radius 1 is 1.44 bits per heavy atom. The summed E-state index contributed by atoms with van der Waals surface area (Å²) in [6.45, 7) is 6.80. The molecule has 2 rings (SSSR count). The Hall–Kier alpha value is -1.14. The van der Waals surface area contributed by atoms with Gasteiger partial charge in [-0.15, -0.1) is 5.10 Å². The summed E-state index contributed by atoms with van der Waals surface area (Å²) in [5.74, 6) is 0.653. The molecule has 1 atom stereocenters. The average molecular weight is 254 g/mol. The third-order valence-corrected chi connectivity index (χ3v) is 3.36. The van der Waals surface area contributed by atoms with Crippen molar-refractivity contribution in [1.82, 2.24) is 15.5 Å².